The molecule has 0 atom stereocenters. The Kier molecular flexibility index (Phi) is 4.73. The van der Waals surface area contributed by atoms with Crippen LogP contribution in [-0.2, 0) is 0 Å². The van der Waals surface area contributed by atoms with E-state index >= 15 is 0 Å². The van der Waals surface area contributed by atoms with E-state index in [0.717, 1.165) is 37.7 Å². The molecule has 0 spiro atoms. The van der Waals surface area contributed by atoms with Crippen molar-refractivity contribution in [3.8, 4) is 0 Å². The fourth-order valence-corrected chi connectivity index (χ4v) is 3.65. The summed E-state index contributed by atoms with van der Waals surface area (Å²) >= 11 is 0. The van der Waals surface area contributed by atoms with E-state index < -0.39 is 0 Å². The van der Waals surface area contributed by atoms with E-state index in [2.05, 4.69) is 14.8 Å². The number of amides is 1. The molecular formula is C20H23FN4O. The first-order chi connectivity index (χ1) is 12.7. The third-order valence-corrected chi connectivity index (χ3v) is 5.18. The predicted octanol–water partition coefficient (Wildman–Crippen LogP) is 2.78. The number of nitrogens with zero attached hydrogens (tertiary/aromatic N) is 4. The number of aromatic nitrogens is 1. The first kappa shape index (κ1) is 16.8. The van der Waals surface area contributed by atoms with Crippen LogP contribution in [-0.4, -0.2) is 55.1 Å². The maximum Gasteiger partial charge on any atom is 0.255 e. The molecule has 2 aliphatic rings. The molecule has 2 saturated heterocycles. The summed E-state index contributed by atoms with van der Waals surface area (Å²) in [6.07, 6.45) is 4.11. The minimum atomic E-state index is -0.229. The van der Waals surface area contributed by atoms with Gasteiger partial charge in [0.25, 0.3) is 5.91 Å². The Bertz CT molecular complexity index is 748. The van der Waals surface area contributed by atoms with Crippen LogP contribution in [0.5, 0.6) is 0 Å². The van der Waals surface area contributed by atoms with Crippen LogP contribution in [0.3, 0.4) is 0 Å². The van der Waals surface area contributed by atoms with Gasteiger partial charge in [-0.3, -0.25) is 4.79 Å². The number of halogens is 1. The molecule has 0 N–H and O–H groups in total. The van der Waals surface area contributed by atoms with Gasteiger partial charge in [0.15, 0.2) is 0 Å². The van der Waals surface area contributed by atoms with Gasteiger partial charge in [-0.2, -0.15) is 0 Å². The molecular weight excluding hydrogens is 331 g/mol. The van der Waals surface area contributed by atoms with Crippen molar-refractivity contribution in [1.29, 1.82) is 0 Å². The van der Waals surface area contributed by atoms with E-state index in [1.807, 2.05) is 17.0 Å². The number of piperazine rings is 1. The minimum Gasteiger partial charge on any atom is -0.368 e. The molecule has 0 unspecified atom stereocenters. The highest BCUT2D eigenvalue weighted by Crippen LogP contribution is 2.20. The monoisotopic (exact) mass is 354 g/mol. The fourth-order valence-electron chi connectivity index (χ4n) is 3.65. The minimum absolute atomic E-state index is 0.0317. The molecule has 3 heterocycles. The summed E-state index contributed by atoms with van der Waals surface area (Å²) in [7, 11) is 0. The van der Waals surface area contributed by atoms with Gasteiger partial charge in [-0.25, -0.2) is 9.37 Å². The van der Waals surface area contributed by atoms with E-state index in [0.29, 0.717) is 18.7 Å². The fraction of sp³-hybridized carbons (Fsp3) is 0.400. The summed E-state index contributed by atoms with van der Waals surface area (Å²) in [6, 6.07) is 10.4. The second-order valence-corrected chi connectivity index (χ2v) is 6.85. The van der Waals surface area contributed by atoms with Crippen molar-refractivity contribution >= 4 is 17.4 Å². The number of anilines is 2. The second kappa shape index (κ2) is 7.32. The zero-order chi connectivity index (χ0) is 17.9. The molecule has 2 aromatic rings. The molecule has 0 radical (unpaired) electrons. The third kappa shape index (κ3) is 3.49. The molecule has 4 rings (SSSR count). The molecule has 5 nitrogen and oxygen atoms in total. The van der Waals surface area contributed by atoms with Crippen molar-refractivity contribution in [2.45, 2.75) is 12.8 Å². The smallest absolute Gasteiger partial charge is 0.255 e. The summed E-state index contributed by atoms with van der Waals surface area (Å²) < 4.78 is 13.1. The van der Waals surface area contributed by atoms with Gasteiger partial charge in [-0.1, -0.05) is 0 Å². The van der Waals surface area contributed by atoms with Crippen molar-refractivity contribution in [1.82, 2.24) is 9.88 Å². The Morgan fingerprint density at radius 2 is 1.54 bits per heavy atom. The maximum atomic E-state index is 13.1. The van der Waals surface area contributed by atoms with Crippen LogP contribution in [0.1, 0.15) is 23.2 Å². The molecule has 0 bridgehead atoms. The molecule has 2 aliphatic heterocycles. The first-order valence-electron chi connectivity index (χ1n) is 9.21. The van der Waals surface area contributed by atoms with Crippen molar-refractivity contribution in [3.05, 3.63) is 54.0 Å². The van der Waals surface area contributed by atoms with Gasteiger partial charge in [0.2, 0.25) is 0 Å². The summed E-state index contributed by atoms with van der Waals surface area (Å²) in [5.74, 6) is 0.761. The number of benzene rings is 1. The van der Waals surface area contributed by atoms with Crippen LogP contribution in [0.25, 0.3) is 0 Å². The molecule has 6 heteroatoms. The number of pyridine rings is 1. The molecule has 1 amide bonds. The van der Waals surface area contributed by atoms with Gasteiger partial charge in [0, 0.05) is 51.2 Å². The molecule has 136 valence electrons. The highest BCUT2D eigenvalue weighted by atomic mass is 19.1. The molecule has 26 heavy (non-hydrogen) atoms. The van der Waals surface area contributed by atoms with E-state index in [-0.39, 0.29) is 11.7 Å². The zero-order valence-electron chi connectivity index (χ0n) is 14.8. The van der Waals surface area contributed by atoms with Gasteiger partial charge in [0.05, 0.1) is 5.56 Å². The zero-order valence-corrected chi connectivity index (χ0v) is 14.8. The van der Waals surface area contributed by atoms with E-state index in [4.69, 9.17) is 0 Å². The second-order valence-electron chi connectivity index (χ2n) is 6.85. The Morgan fingerprint density at radius 3 is 2.15 bits per heavy atom. The summed E-state index contributed by atoms with van der Waals surface area (Å²) in [5, 5.41) is 0. The average molecular weight is 354 g/mol. The van der Waals surface area contributed by atoms with E-state index in [1.54, 1.807) is 18.3 Å². The van der Waals surface area contributed by atoms with Crippen molar-refractivity contribution in [2.75, 3.05) is 49.1 Å². The highest BCUT2D eigenvalue weighted by molar-refractivity contribution is 5.94. The standard InChI is InChI=1S/C20H23FN4O/c21-17-4-6-18(7-5-17)23-11-13-25(14-12-23)20(26)16-3-8-19(22-15-16)24-9-1-2-10-24/h3-8,15H,1-2,9-14H2. The lowest BCUT2D eigenvalue weighted by Gasteiger charge is -2.36. The maximum absolute atomic E-state index is 13.1. The van der Waals surface area contributed by atoms with Gasteiger partial charge in [-0.05, 0) is 49.2 Å². The Balaban J connectivity index is 1.36. The Labute approximate surface area is 153 Å². The largest absolute Gasteiger partial charge is 0.368 e. The summed E-state index contributed by atoms with van der Waals surface area (Å²) in [4.78, 5) is 23.5. The number of hydrogen-bond acceptors (Lipinski definition) is 4. The number of rotatable bonds is 3. The van der Waals surface area contributed by atoms with E-state index in [9.17, 15) is 9.18 Å². The lowest BCUT2D eigenvalue weighted by atomic mass is 10.2. The molecule has 0 saturated carbocycles. The average Bonchev–Trinajstić information content (AvgIpc) is 3.23. The normalized spacial score (nSPS) is 17.7. The van der Waals surface area contributed by atoms with Gasteiger partial charge in [0.1, 0.15) is 11.6 Å². The highest BCUT2D eigenvalue weighted by Gasteiger charge is 2.23. The third-order valence-electron chi connectivity index (χ3n) is 5.18. The SMILES string of the molecule is O=C(c1ccc(N2CCCC2)nc1)N1CCN(c2ccc(F)cc2)CC1. The lowest BCUT2D eigenvalue weighted by molar-refractivity contribution is 0.0746. The van der Waals surface area contributed by atoms with Crippen LogP contribution in [0.4, 0.5) is 15.9 Å². The summed E-state index contributed by atoms with van der Waals surface area (Å²) in [5.41, 5.74) is 1.64. The van der Waals surface area contributed by atoms with Crippen molar-refractivity contribution < 1.29 is 9.18 Å². The van der Waals surface area contributed by atoms with Crippen LogP contribution in [0.2, 0.25) is 0 Å². The van der Waals surface area contributed by atoms with Gasteiger partial charge < -0.3 is 14.7 Å². The molecule has 0 aliphatic carbocycles. The predicted molar refractivity (Wildman–Crippen MR) is 100 cm³/mol. The van der Waals surface area contributed by atoms with Gasteiger partial charge >= 0.3 is 0 Å². The Hall–Kier alpha value is -2.63. The first-order valence-corrected chi connectivity index (χ1v) is 9.21. The molecule has 2 fully saturated rings. The van der Waals surface area contributed by atoms with Gasteiger partial charge in [-0.15, -0.1) is 0 Å². The van der Waals surface area contributed by atoms with Crippen LogP contribution >= 0.6 is 0 Å². The Morgan fingerprint density at radius 1 is 0.846 bits per heavy atom. The number of hydrogen-bond donors (Lipinski definition) is 0. The number of carbonyl (C=O) groups is 1. The quantitative estimate of drug-likeness (QED) is 0.850. The lowest BCUT2D eigenvalue weighted by Crippen LogP contribution is -2.48. The van der Waals surface area contributed by atoms with Crippen LogP contribution < -0.4 is 9.80 Å². The molecule has 1 aromatic carbocycles. The van der Waals surface area contributed by atoms with Crippen LogP contribution in [0.15, 0.2) is 42.6 Å². The van der Waals surface area contributed by atoms with Crippen LogP contribution in [0, 0.1) is 5.82 Å². The molecule has 1 aromatic heterocycles. The van der Waals surface area contributed by atoms with E-state index in [1.165, 1.54) is 25.0 Å². The van der Waals surface area contributed by atoms with Crippen molar-refractivity contribution in [3.63, 3.8) is 0 Å². The number of carbonyl (C=O) groups excluding carboxylic acids is 1. The topological polar surface area (TPSA) is 39.7 Å². The van der Waals surface area contributed by atoms with Crippen molar-refractivity contribution in [2.24, 2.45) is 0 Å². The summed E-state index contributed by atoms with van der Waals surface area (Å²) in [6.45, 7) is 4.90.